The molecule has 3 heterocycles. The summed E-state index contributed by atoms with van der Waals surface area (Å²) in [4.78, 5) is 0. The van der Waals surface area contributed by atoms with E-state index in [1.165, 1.54) is 12.1 Å². The number of phenols is 5. The van der Waals surface area contributed by atoms with E-state index in [0.29, 0.717) is 46.0 Å². The Hall–Kier alpha value is -5.50. The summed E-state index contributed by atoms with van der Waals surface area (Å²) < 4.78 is 19.9. The van der Waals surface area contributed by atoms with Crippen LogP contribution in [0.4, 0.5) is 0 Å². The lowest BCUT2D eigenvalue weighted by atomic mass is 9.61. The molecule has 0 bridgehead atoms. The van der Waals surface area contributed by atoms with Gasteiger partial charge in [-0.25, -0.2) is 0 Å². The summed E-state index contributed by atoms with van der Waals surface area (Å²) in [6, 6.07) is 18.3. The van der Waals surface area contributed by atoms with Gasteiger partial charge in [-0.1, -0.05) is 43.7 Å². The fraction of sp³-hybridized carbons (Fsp3) is 0.231. The first-order chi connectivity index (χ1) is 22.5. The summed E-state index contributed by atoms with van der Waals surface area (Å²) in [6.07, 6.45) is 6.38. The molecule has 0 radical (unpaired) electrons. The van der Waals surface area contributed by atoms with Crippen LogP contribution in [0.15, 0.2) is 88.9 Å². The zero-order valence-corrected chi connectivity index (χ0v) is 26.1. The third-order valence-corrected chi connectivity index (χ3v) is 9.64. The number of allylic oxidation sites excluding steroid dienone is 3. The zero-order chi connectivity index (χ0) is 32.8. The van der Waals surface area contributed by atoms with Gasteiger partial charge in [-0.15, -0.1) is 0 Å². The molecule has 2 aliphatic heterocycles. The molecule has 5 N–H and O–H groups in total. The molecule has 47 heavy (non-hydrogen) atoms. The first-order valence-corrected chi connectivity index (χ1v) is 15.7. The Kier molecular flexibility index (Phi) is 6.31. The predicted molar refractivity (Wildman–Crippen MR) is 177 cm³/mol. The average Bonchev–Trinajstić information content (AvgIpc) is 3.43. The van der Waals surface area contributed by atoms with E-state index in [1.807, 2.05) is 32.1 Å². The SMILES string of the molecule is CC1=C[C@@H]2c3c(O)cc(-c4cc5ccc(O)cc5o4)cc3O[C@@]3(c4ccc(O)c(C=CC(C)C)c4O)Oc4cc(O)ccc4[C@@H](C1)[C@@H]23. The Morgan fingerprint density at radius 3 is 2.40 bits per heavy atom. The molecule has 8 heteroatoms. The second-order valence-electron chi connectivity index (χ2n) is 13.2. The molecule has 1 aliphatic carbocycles. The molecule has 238 valence electrons. The van der Waals surface area contributed by atoms with Gasteiger partial charge in [0, 0.05) is 40.5 Å². The van der Waals surface area contributed by atoms with E-state index in [-0.39, 0.29) is 52.1 Å². The molecule has 0 saturated carbocycles. The minimum Gasteiger partial charge on any atom is -0.508 e. The smallest absolute Gasteiger partial charge is 0.285 e. The van der Waals surface area contributed by atoms with E-state index in [4.69, 9.17) is 13.9 Å². The Morgan fingerprint density at radius 1 is 0.830 bits per heavy atom. The van der Waals surface area contributed by atoms with Crippen molar-refractivity contribution in [3.8, 4) is 51.6 Å². The van der Waals surface area contributed by atoms with Gasteiger partial charge in [0.05, 0.1) is 17.0 Å². The number of furan rings is 1. The molecular formula is C39H34O8. The molecular weight excluding hydrogens is 596 g/mol. The highest BCUT2D eigenvalue weighted by atomic mass is 16.7. The van der Waals surface area contributed by atoms with Gasteiger partial charge < -0.3 is 39.4 Å². The maximum atomic E-state index is 11.9. The second kappa shape index (κ2) is 10.3. The van der Waals surface area contributed by atoms with Gasteiger partial charge in [0.1, 0.15) is 51.6 Å². The topological polar surface area (TPSA) is 133 Å². The highest BCUT2D eigenvalue weighted by molar-refractivity contribution is 5.84. The van der Waals surface area contributed by atoms with Crippen molar-refractivity contribution in [1.29, 1.82) is 0 Å². The maximum absolute atomic E-state index is 11.9. The number of rotatable bonds is 4. The first kappa shape index (κ1) is 28.9. The standard InChI is InChI=1S/C39H34O8/c1-19(2)4-8-26-30(42)11-10-29(38(26)44)39-37-27(25-9-7-24(41)18-34(25)46-39)12-20(3)13-28(37)36-31(43)14-22(16-35(36)47-39)32-15-21-5-6-23(40)17-33(21)45-32/h4-11,13-19,27-28,37,40-44H,12H2,1-3H3/t27-,28-,37+,39-/m1/s1. The lowest BCUT2D eigenvalue weighted by Crippen LogP contribution is -2.56. The maximum Gasteiger partial charge on any atom is 0.285 e. The number of phenolic OH excluding ortho intramolecular Hbond substituents is 5. The van der Waals surface area contributed by atoms with Crippen LogP contribution in [0.2, 0.25) is 0 Å². The van der Waals surface area contributed by atoms with E-state index in [1.54, 1.807) is 48.5 Å². The van der Waals surface area contributed by atoms with Crippen molar-refractivity contribution in [3.63, 3.8) is 0 Å². The molecule has 8 nitrogen and oxygen atoms in total. The number of ether oxygens (including phenoxy) is 2. The van der Waals surface area contributed by atoms with Crippen LogP contribution in [-0.2, 0) is 5.79 Å². The molecule has 8 rings (SSSR count). The van der Waals surface area contributed by atoms with E-state index in [2.05, 4.69) is 13.0 Å². The van der Waals surface area contributed by atoms with Crippen LogP contribution in [-0.4, -0.2) is 25.5 Å². The van der Waals surface area contributed by atoms with Crippen LogP contribution < -0.4 is 9.47 Å². The van der Waals surface area contributed by atoms with Crippen LogP contribution in [0.1, 0.15) is 61.3 Å². The van der Waals surface area contributed by atoms with Gasteiger partial charge in [-0.2, -0.15) is 0 Å². The van der Waals surface area contributed by atoms with Gasteiger partial charge in [-0.05, 0) is 73.4 Å². The highest BCUT2D eigenvalue weighted by Gasteiger charge is 2.62. The molecule has 4 aromatic carbocycles. The fourth-order valence-electron chi connectivity index (χ4n) is 7.63. The van der Waals surface area contributed by atoms with Crippen LogP contribution in [0.3, 0.4) is 0 Å². The lowest BCUT2D eigenvalue weighted by Gasteiger charge is -2.55. The van der Waals surface area contributed by atoms with Crippen LogP contribution >= 0.6 is 0 Å². The van der Waals surface area contributed by atoms with E-state index in [9.17, 15) is 25.5 Å². The van der Waals surface area contributed by atoms with Gasteiger partial charge >= 0.3 is 0 Å². The molecule has 0 spiro atoms. The Morgan fingerprint density at radius 2 is 1.60 bits per heavy atom. The van der Waals surface area contributed by atoms with Crippen molar-refractivity contribution in [2.24, 2.45) is 11.8 Å². The highest BCUT2D eigenvalue weighted by Crippen LogP contribution is 2.65. The predicted octanol–water partition coefficient (Wildman–Crippen LogP) is 8.77. The third-order valence-electron chi connectivity index (χ3n) is 9.64. The van der Waals surface area contributed by atoms with Crippen molar-refractivity contribution >= 4 is 17.0 Å². The minimum atomic E-state index is -1.62. The van der Waals surface area contributed by atoms with E-state index < -0.39 is 11.7 Å². The van der Waals surface area contributed by atoms with Crippen molar-refractivity contribution in [2.75, 3.05) is 0 Å². The molecule has 0 amide bonds. The second-order valence-corrected chi connectivity index (χ2v) is 13.2. The summed E-state index contributed by atoms with van der Waals surface area (Å²) in [5.41, 5.74) is 4.20. The number of benzene rings is 4. The van der Waals surface area contributed by atoms with Gasteiger partial charge in [0.2, 0.25) is 0 Å². The largest absolute Gasteiger partial charge is 0.508 e. The molecule has 0 unspecified atom stereocenters. The van der Waals surface area contributed by atoms with Crippen molar-refractivity contribution in [3.05, 3.63) is 107 Å². The van der Waals surface area contributed by atoms with Gasteiger partial charge in [0.15, 0.2) is 0 Å². The summed E-state index contributed by atoms with van der Waals surface area (Å²) in [5.74, 6) is -1.37. The van der Waals surface area contributed by atoms with Crippen molar-refractivity contribution < 1.29 is 39.4 Å². The summed E-state index contributed by atoms with van der Waals surface area (Å²) in [6.45, 7) is 6.07. The summed E-state index contributed by atoms with van der Waals surface area (Å²) in [5, 5.41) is 55.7. The van der Waals surface area contributed by atoms with Gasteiger partial charge in [-0.3, -0.25) is 0 Å². The fourth-order valence-corrected chi connectivity index (χ4v) is 7.63. The Labute approximate surface area is 271 Å². The van der Waals surface area contributed by atoms with Crippen LogP contribution in [0.25, 0.3) is 28.4 Å². The molecule has 0 saturated heterocycles. The molecule has 5 aromatic rings. The average molecular weight is 631 g/mol. The summed E-state index contributed by atoms with van der Waals surface area (Å²) in [7, 11) is 0. The van der Waals surface area contributed by atoms with Crippen LogP contribution in [0.5, 0.6) is 40.2 Å². The zero-order valence-electron chi connectivity index (χ0n) is 26.1. The summed E-state index contributed by atoms with van der Waals surface area (Å²) >= 11 is 0. The van der Waals surface area contributed by atoms with Gasteiger partial charge in [0.25, 0.3) is 5.79 Å². The van der Waals surface area contributed by atoms with E-state index in [0.717, 1.165) is 16.5 Å². The Balaban J connectivity index is 1.39. The molecule has 0 fully saturated rings. The monoisotopic (exact) mass is 630 g/mol. The molecule has 3 aliphatic rings. The number of aromatic hydroxyl groups is 5. The number of hydrogen-bond donors (Lipinski definition) is 5. The molecule has 1 aromatic heterocycles. The van der Waals surface area contributed by atoms with Crippen LogP contribution in [0, 0.1) is 11.8 Å². The Bertz CT molecular complexity index is 2150. The number of fused-ring (bicyclic) bond motifs is 5. The quantitative estimate of drug-likeness (QED) is 0.125. The lowest BCUT2D eigenvalue weighted by molar-refractivity contribution is -0.198. The van der Waals surface area contributed by atoms with Crippen molar-refractivity contribution in [1.82, 2.24) is 0 Å². The minimum absolute atomic E-state index is 0.0242. The third kappa shape index (κ3) is 4.42. The first-order valence-electron chi connectivity index (χ1n) is 15.7. The van der Waals surface area contributed by atoms with E-state index >= 15 is 0 Å². The molecule has 4 atom stereocenters. The number of hydrogen-bond acceptors (Lipinski definition) is 8. The van der Waals surface area contributed by atoms with Crippen molar-refractivity contribution in [2.45, 2.75) is 44.8 Å². The normalized spacial score (nSPS) is 22.7.